The van der Waals surface area contributed by atoms with E-state index in [9.17, 15) is 4.79 Å². The Morgan fingerprint density at radius 3 is 2.82 bits per heavy atom. The number of nitrogens with one attached hydrogen (secondary N) is 1. The number of likely N-dealkylation sites (tertiary alicyclic amines) is 1. The summed E-state index contributed by atoms with van der Waals surface area (Å²) < 4.78 is 1.07. The van der Waals surface area contributed by atoms with Gasteiger partial charge in [-0.3, -0.25) is 4.79 Å². The molecule has 2 heterocycles. The Kier molecular flexibility index (Phi) is 4.96. The molecule has 1 amide bonds. The lowest BCUT2D eigenvalue weighted by Crippen LogP contribution is -2.40. The summed E-state index contributed by atoms with van der Waals surface area (Å²) in [5.41, 5.74) is 1.15. The SMILES string of the molecule is CNCC1CCCN1C(=O)c1ccc(-c2ccc(Br)cc2)s1. The van der Waals surface area contributed by atoms with Gasteiger partial charge in [0.2, 0.25) is 0 Å². The summed E-state index contributed by atoms with van der Waals surface area (Å²) in [5, 5.41) is 3.19. The molecular weight excluding hydrogens is 360 g/mol. The molecule has 0 spiro atoms. The summed E-state index contributed by atoms with van der Waals surface area (Å²) in [6.07, 6.45) is 2.19. The molecule has 1 unspecified atom stereocenters. The Hall–Kier alpha value is -1.17. The number of hydrogen-bond acceptors (Lipinski definition) is 3. The summed E-state index contributed by atoms with van der Waals surface area (Å²) in [4.78, 5) is 16.7. The molecule has 0 radical (unpaired) electrons. The van der Waals surface area contributed by atoms with Crippen LogP contribution in [0.1, 0.15) is 22.5 Å². The Labute approximate surface area is 143 Å². The van der Waals surface area contributed by atoms with Crippen LogP contribution in [0, 0.1) is 0 Å². The van der Waals surface area contributed by atoms with Crippen LogP contribution >= 0.6 is 27.3 Å². The number of benzene rings is 1. The fraction of sp³-hybridized carbons (Fsp3) is 0.353. The molecule has 2 aromatic rings. The van der Waals surface area contributed by atoms with Crippen molar-refractivity contribution in [1.29, 1.82) is 0 Å². The van der Waals surface area contributed by atoms with E-state index >= 15 is 0 Å². The molecule has 0 aliphatic carbocycles. The van der Waals surface area contributed by atoms with Gasteiger partial charge in [-0.2, -0.15) is 0 Å². The van der Waals surface area contributed by atoms with Gasteiger partial charge in [0.05, 0.1) is 4.88 Å². The summed E-state index contributed by atoms with van der Waals surface area (Å²) in [6.45, 7) is 1.74. The van der Waals surface area contributed by atoms with Crippen molar-refractivity contribution in [2.75, 3.05) is 20.1 Å². The van der Waals surface area contributed by atoms with Crippen molar-refractivity contribution < 1.29 is 4.79 Å². The highest BCUT2D eigenvalue weighted by Gasteiger charge is 2.29. The molecular formula is C17H19BrN2OS. The fourth-order valence-corrected chi connectivity index (χ4v) is 4.15. The summed E-state index contributed by atoms with van der Waals surface area (Å²) in [6, 6.07) is 12.5. The van der Waals surface area contributed by atoms with Gasteiger partial charge in [-0.1, -0.05) is 28.1 Å². The van der Waals surface area contributed by atoms with Crippen LogP contribution in [0.2, 0.25) is 0 Å². The second-order valence-corrected chi connectivity index (χ2v) is 7.52. The van der Waals surface area contributed by atoms with Crippen molar-refractivity contribution in [3.8, 4) is 10.4 Å². The lowest BCUT2D eigenvalue weighted by molar-refractivity contribution is 0.0742. The molecule has 5 heteroatoms. The summed E-state index contributed by atoms with van der Waals surface area (Å²) >= 11 is 5.03. The number of nitrogens with zero attached hydrogens (tertiary/aromatic N) is 1. The van der Waals surface area contributed by atoms with E-state index in [0.29, 0.717) is 6.04 Å². The van der Waals surface area contributed by atoms with E-state index in [-0.39, 0.29) is 5.91 Å². The zero-order valence-corrected chi connectivity index (χ0v) is 14.9. The van der Waals surface area contributed by atoms with Crippen LogP contribution in [-0.4, -0.2) is 37.0 Å². The lowest BCUT2D eigenvalue weighted by Gasteiger charge is -2.23. The lowest BCUT2D eigenvalue weighted by atomic mass is 10.2. The van der Waals surface area contributed by atoms with Gasteiger partial charge in [-0.25, -0.2) is 0 Å². The maximum absolute atomic E-state index is 12.7. The van der Waals surface area contributed by atoms with Gasteiger partial charge in [0.15, 0.2) is 0 Å². The third-order valence-electron chi connectivity index (χ3n) is 4.02. The van der Waals surface area contributed by atoms with E-state index in [0.717, 1.165) is 45.7 Å². The highest BCUT2D eigenvalue weighted by molar-refractivity contribution is 9.10. The smallest absolute Gasteiger partial charge is 0.264 e. The van der Waals surface area contributed by atoms with E-state index in [1.165, 1.54) is 0 Å². The number of likely N-dealkylation sites (N-methyl/N-ethyl adjacent to an activating group) is 1. The number of carbonyl (C=O) groups is 1. The molecule has 1 saturated heterocycles. The van der Waals surface area contributed by atoms with Crippen LogP contribution in [-0.2, 0) is 0 Å². The number of hydrogen-bond donors (Lipinski definition) is 1. The normalized spacial score (nSPS) is 17.9. The molecule has 1 N–H and O–H groups in total. The molecule has 3 rings (SSSR count). The first-order chi connectivity index (χ1) is 10.7. The average Bonchev–Trinajstić information content (AvgIpc) is 3.17. The van der Waals surface area contributed by atoms with Gasteiger partial charge in [0.1, 0.15) is 0 Å². The predicted molar refractivity (Wildman–Crippen MR) is 95.4 cm³/mol. The van der Waals surface area contributed by atoms with Crippen molar-refractivity contribution >= 4 is 33.2 Å². The predicted octanol–water partition coefficient (Wildman–Crippen LogP) is 4.00. The van der Waals surface area contributed by atoms with Crippen LogP contribution < -0.4 is 5.32 Å². The molecule has 3 nitrogen and oxygen atoms in total. The van der Waals surface area contributed by atoms with Gasteiger partial charge in [0, 0.05) is 28.5 Å². The van der Waals surface area contributed by atoms with E-state index in [1.54, 1.807) is 11.3 Å². The molecule has 1 atom stereocenters. The minimum Gasteiger partial charge on any atom is -0.334 e. The van der Waals surface area contributed by atoms with Gasteiger partial charge >= 0.3 is 0 Å². The van der Waals surface area contributed by atoms with Crippen LogP contribution in [0.4, 0.5) is 0 Å². The Morgan fingerprint density at radius 1 is 1.32 bits per heavy atom. The van der Waals surface area contributed by atoms with Gasteiger partial charge in [0.25, 0.3) is 5.91 Å². The van der Waals surface area contributed by atoms with Crippen LogP contribution in [0.15, 0.2) is 40.9 Å². The van der Waals surface area contributed by atoms with Crippen molar-refractivity contribution in [3.05, 3.63) is 45.7 Å². The number of rotatable bonds is 4. The molecule has 0 bridgehead atoms. The summed E-state index contributed by atoms with van der Waals surface area (Å²) in [7, 11) is 1.94. The largest absolute Gasteiger partial charge is 0.334 e. The number of thiophene rings is 1. The Bertz CT molecular complexity index is 653. The summed E-state index contributed by atoms with van der Waals surface area (Å²) in [5.74, 6) is 0.172. The standard InChI is InChI=1S/C17H19BrN2OS/c1-19-11-14-3-2-10-20(14)17(21)16-9-8-15(22-16)12-4-6-13(18)7-5-12/h4-9,14,19H,2-3,10-11H2,1H3. The second-order valence-electron chi connectivity index (χ2n) is 5.52. The molecule has 1 fully saturated rings. The van der Waals surface area contributed by atoms with E-state index in [2.05, 4.69) is 33.4 Å². The highest BCUT2D eigenvalue weighted by Crippen LogP contribution is 2.31. The molecule has 116 valence electrons. The fourth-order valence-electron chi connectivity index (χ4n) is 2.91. The molecule has 1 aliphatic heterocycles. The first-order valence-electron chi connectivity index (χ1n) is 7.50. The van der Waals surface area contributed by atoms with Gasteiger partial charge in [-0.05, 0) is 49.7 Å². The van der Waals surface area contributed by atoms with Crippen molar-refractivity contribution in [2.45, 2.75) is 18.9 Å². The van der Waals surface area contributed by atoms with E-state index in [4.69, 9.17) is 0 Å². The molecule has 0 saturated carbocycles. The van der Waals surface area contributed by atoms with Crippen LogP contribution in [0.25, 0.3) is 10.4 Å². The zero-order chi connectivity index (χ0) is 15.5. The molecule has 22 heavy (non-hydrogen) atoms. The van der Waals surface area contributed by atoms with E-state index < -0.39 is 0 Å². The Morgan fingerprint density at radius 2 is 2.09 bits per heavy atom. The third kappa shape index (κ3) is 3.26. The highest BCUT2D eigenvalue weighted by atomic mass is 79.9. The van der Waals surface area contributed by atoms with E-state index in [1.807, 2.05) is 36.2 Å². The van der Waals surface area contributed by atoms with Crippen molar-refractivity contribution in [2.24, 2.45) is 0 Å². The van der Waals surface area contributed by atoms with Crippen molar-refractivity contribution in [3.63, 3.8) is 0 Å². The Balaban J connectivity index is 1.78. The minimum atomic E-state index is 0.172. The second kappa shape index (κ2) is 6.94. The number of amides is 1. The minimum absolute atomic E-state index is 0.172. The molecule has 1 aliphatic rings. The maximum Gasteiger partial charge on any atom is 0.264 e. The van der Waals surface area contributed by atoms with Crippen molar-refractivity contribution in [1.82, 2.24) is 10.2 Å². The zero-order valence-electron chi connectivity index (χ0n) is 12.5. The first kappa shape index (κ1) is 15.7. The first-order valence-corrected chi connectivity index (χ1v) is 9.11. The maximum atomic E-state index is 12.7. The third-order valence-corrected chi connectivity index (χ3v) is 5.67. The molecule has 1 aromatic carbocycles. The average molecular weight is 379 g/mol. The van der Waals surface area contributed by atoms with Crippen LogP contribution in [0.3, 0.4) is 0 Å². The number of carbonyl (C=O) groups excluding carboxylic acids is 1. The topological polar surface area (TPSA) is 32.3 Å². The van der Waals surface area contributed by atoms with Gasteiger partial charge < -0.3 is 10.2 Å². The van der Waals surface area contributed by atoms with Crippen LogP contribution in [0.5, 0.6) is 0 Å². The monoisotopic (exact) mass is 378 g/mol. The van der Waals surface area contributed by atoms with Gasteiger partial charge in [-0.15, -0.1) is 11.3 Å². The quantitative estimate of drug-likeness (QED) is 0.871. The molecule has 1 aromatic heterocycles. The number of halogens is 1.